The van der Waals surface area contributed by atoms with E-state index in [9.17, 15) is 0 Å². The molecule has 65 heavy (non-hydrogen) atoms. The number of para-hydroxylation sites is 1. The number of nitrogens with zero attached hydrogens (tertiary/aromatic N) is 1. The van der Waals surface area contributed by atoms with Crippen LogP contribution >= 0.6 is 0 Å². The van der Waals surface area contributed by atoms with Gasteiger partial charge in [0.05, 0.1) is 5.41 Å². The third-order valence-electron chi connectivity index (χ3n) is 14.4. The minimum atomic E-state index is -0.527. The van der Waals surface area contributed by atoms with Crippen molar-refractivity contribution in [1.82, 2.24) is 0 Å². The van der Waals surface area contributed by atoms with Gasteiger partial charge in [0.2, 0.25) is 0 Å². The van der Waals surface area contributed by atoms with Crippen LogP contribution in [-0.2, 0) is 10.8 Å². The fraction of sp³-hybridized carbons (Fsp3) is 0.0476. The van der Waals surface area contributed by atoms with Crippen molar-refractivity contribution in [3.63, 3.8) is 0 Å². The molecule has 11 aromatic rings. The van der Waals surface area contributed by atoms with Gasteiger partial charge in [-0.3, -0.25) is 0 Å². The molecule has 0 radical (unpaired) electrons. The number of benzene rings is 10. The van der Waals surface area contributed by atoms with Crippen LogP contribution in [0, 0.1) is 0 Å². The van der Waals surface area contributed by atoms with Gasteiger partial charge in [0.25, 0.3) is 0 Å². The van der Waals surface area contributed by atoms with Crippen molar-refractivity contribution in [1.29, 1.82) is 0 Å². The summed E-state index contributed by atoms with van der Waals surface area (Å²) in [6.07, 6.45) is 0. The Balaban J connectivity index is 1.01. The summed E-state index contributed by atoms with van der Waals surface area (Å²) in [6.45, 7) is 2.38. The molecule has 0 N–H and O–H groups in total. The Hall–Kier alpha value is -8.20. The zero-order valence-corrected chi connectivity index (χ0v) is 35.9. The van der Waals surface area contributed by atoms with Crippen LogP contribution in [0.25, 0.3) is 55.3 Å². The highest BCUT2D eigenvalue weighted by molar-refractivity contribution is 6.06. The molecule has 0 saturated heterocycles. The highest BCUT2D eigenvalue weighted by atomic mass is 16.3. The Morgan fingerprint density at radius 3 is 1.60 bits per heavy atom. The largest absolute Gasteiger partial charge is 0.456 e. The summed E-state index contributed by atoms with van der Waals surface area (Å²) in [5, 5.41) is 2.23. The quantitative estimate of drug-likeness (QED) is 0.159. The fourth-order valence-electron chi connectivity index (χ4n) is 11.5. The molecular formula is C63H43NO. The molecule has 1 aromatic heterocycles. The van der Waals surface area contributed by atoms with E-state index in [1.54, 1.807) is 0 Å². The van der Waals surface area contributed by atoms with E-state index >= 15 is 0 Å². The lowest BCUT2D eigenvalue weighted by atomic mass is 9.67. The van der Waals surface area contributed by atoms with Gasteiger partial charge in [0.15, 0.2) is 0 Å². The summed E-state index contributed by atoms with van der Waals surface area (Å²) < 4.78 is 6.55. The SMILES string of the molecule is CC1(c2ccccc2)c2ccccc2-c2c(-c3ccc(N(c4ccc5c(c4)C(c4ccccc4)(c4ccccc4)c4ccccc4-5)c4ccc5c(c4)oc4ccccc45)cc3)cccc21. The standard InChI is InChI=1S/C63H43NO/c1-62(43-18-5-2-6-19-43)55-28-14-12-26-54(55)61-49(27-17-30-57(61)62)42-32-34-46(35-33-42)64(48-37-39-53-52-25-13-16-31-59(52)65-60(53)41-48)47-36-38-51-50-24-11-15-29-56(50)63(58(51)40-47,44-20-7-3-8-21-44)45-22-9-4-10-23-45/h2-41H,1H3. The summed E-state index contributed by atoms with van der Waals surface area (Å²) in [5.41, 5.74) is 20.7. The topological polar surface area (TPSA) is 16.4 Å². The maximum atomic E-state index is 6.55. The number of anilines is 3. The van der Waals surface area contributed by atoms with Crippen LogP contribution in [0.5, 0.6) is 0 Å². The van der Waals surface area contributed by atoms with Crippen LogP contribution < -0.4 is 4.90 Å². The molecule has 0 saturated carbocycles. The van der Waals surface area contributed by atoms with Crippen LogP contribution in [0.15, 0.2) is 247 Å². The molecule has 2 aliphatic rings. The zero-order chi connectivity index (χ0) is 43.1. The lowest BCUT2D eigenvalue weighted by Gasteiger charge is -2.35. The number of rotatable bonds is 7. The molecule has 1 unspecified atom stereocenters. The van der Waals surface area contributed by atoms with E-state index in [1.807, 2.05) is 6.07 Å². The molecule has 0 fully saturated rings. The van der Waals surface area contributed by atoms with Gasteiger partial charge in [-0.1, -0.05) is 194 Å². The maximum absolute atomic E-state index is 6.55. The van der Waals surface area contributed by atoms with Gasteiger partial charge in [0, 0.05) is 39.3 Å². The Kier molecular flexibility index (Phi) is 8.29. The third kappa shape index (κ3) is 5.41. The lowest BCUT2D eigenvalue weighted by molar-refractivity contribution is 0.669. The maximum Gasteiger partial charge on any atom is 0.137 e. The van der Waals surface area contributed by atoms with Crippen molar-refractivity contribution in [2.24, 2.45) is 0 Å². The average molecular weight is 830 g/mol. The van der Waals surface area contributed by atoms with Gasteiger partial charge in [-0.25, -0.2) is 0 Å². The molecule has 2 nitrogen and oxygen atoms in total. The second-order valence-corrected chi connectivity index (χ2v) is 17.7. The monoisotopic (exact) mass is 829 g/mol. The molecule has 13 rings (SSSR count). The lowest BCUT2D eigenvalue weighted by Crippen LogP contribution is -2.28. The third-order valence-corrected chi connectivity index (χ3v) is 14.4. The van der Waals surface area contributed by atoms with Gasteiger partial charge >= 0.3 is 0 Å². The van der Waals surface area contributed by atoms with E-state index in [4.69, 9.17) is 4.42 Å². The molecule has 0 aliphatic heterocycles. The summed E-state index contributed by atoms with van der Waals surface area (Å²) in [6, 6.07) is 89.1. The number of furan rings is 1. The van der Waals surface area contributed by atoms with Crippen molar-refractivity contribution >= 4 is 39.0 Å². The normalized spacial score (nSPS) is 15.3. The predicted molar refractivity (Wildman–Crippen MR) is 269 cm³/mol. The fourth-order valence-corrected chi connectivity index (χ4v) is 11.5. The van der Waals surface area contributed by atoms with Crippen molar-refractivity contribution in [2.75, 3.05) is 4.90 Å². The minimum absolute atomic E-state index is 0.267. The average Bonchev–Trinajstić information content (AvgIpc) is 3.99. The molecular weight excluding hydrogens is 787 g/mol. The zero-order valence-electron chi connectivity index (χ0n) is 35.9. The first-order chi connectivity index (χ1) is 32.1. The Bertz CT molecular complexity index is 3570. The Morgan fingerprint density at radius 1 is 0.338 bits per heavy atom. The molecule has 0 amide bonds. The summed E-state index contributed by atoms with van der Waals surface area (Å²) in [7, 11) is 0. The molecule has 10 aromatic carbocycles. The molecule has 0 bridgehead atoms. The van der Waals surface area contributed by atoms with Crippen molar-refractivity contribution in [2.45, 2.75) is 17.8 Å². The van der Waals surface area contributed by atoms with Crippen LogP contribution in [-0.4, -0.2) is 0 Å². The molecule has 2 heteroatoms. The van der Waals surface area contributed by atoms with E-state index in [1.165, 1.54) is 72.3 Å². The first-order valence-electron chi connectivity index (χ1n) is 22.6. The van der Waals surface area contributed by atoms with E-state index in [0.29, 0.717) is 0 Å². The summed E-state index contributed by atoms with van der Waals surface area (Å²) in [4.78, 5) is 2.40. The predicted octanol–water partition coefficient (Wildman–Crippen LogP) is 16.4. The van der Waals surface area contributed by atoms with Crippen LogP contribution in [0.4, 0.5) is 17.1 Å². The molecule has 306 valence electrons. The van der Waals surface area contributed by atoms with Crippen molar-refractivity contribution < 1.29 is 4.42 Å². The van der Waals surface area contributed by atoms with Crippen molar-refractivity contribution in [3.05, 3.63) is 282 Å². The highest BCUT2D eigenvalue weighted by Gasteiger charge is 2.46. The van der Waals surface area contributed by atoms with Gasteiger partial charge in [-0.2, -0.15) is 0 Å². The van der Waals surface area contributed by atoms with Crippen LogP contribution in [0.1, 0.15) is 45.9 Å². The van der Waals surface area contributed by atoms with E-state index in [-0.39, 0.29) is 5.41 Å². The van der Waals surface area contributed by atoms with Crippen LogP contribution in [0.3, 0.4) is 0 Å². The first-order valence-corrected chi connectivity index (χ1v) is 22.6. The van der Waals surface area contributed by atoms with Gasteiger partial charge in [-0.05, 0) is 122 Å². The summed E-state index contributed by atoms with van der Waals surface area (Å²) >= 11 is 0. The van der Waals surface area contributed by atoms with E-state index < -0.39 is 5.41 Å². The molecule has 1 heterocycles. The molecule has 1 atom stereocenters. The van der Waals surface area contributed by atoms with Gasteiger partial charge in [-0.15, -0.1) is 0 Å². The van der Waals surface area contributed by atoms with E-state index in [2.05, 4.69) is 248 Å². The first kappa shape index (κ1) is 37.4. The van der Waals surface area contributed by atoms with Crippen LogP contribution in [0.2, 0.25) is 0 Å². The van der Waals surface area contributed by atoms with Gasteiger partial charge < -0.3 is 9.32 Å². The van der Waals surface area contributed by atoms with Crippen molar-refractivity contribution in [3.8, 4) is 33.4 Å². The minimum Gasteiger partial charge on any atom is -0.456 e. The number of hydrogen-bond acceptors (Lipinski definition) is 2. The second-order valence-electron chi connectivity index (χ2n) is 17.7. The molecule has 2 aliphatic carbocycles. The number of hydrogen-bond donors (Lipinski definition) is 0. The number of fused-ring (bicyclic) bond motifs is 9. The van der Waals surface area contributed by atoms with E-state index in [0.717, 1.165) is 39.0 Å². The Morgan fingerprint density at radius 2 is 0.862 bits per heavy atom. The summed E-state index contributed by atoms with van der Waals surface area (Å²) in [5.74, 6) is 0. The molecule has 0 spiro atoms. The second kappa shape index (κ2) is 14.4. The van der Waals surface area contributed by atoms with Gasteiger partial charge in [0.1, 0.15) is 11.2 Å². The smallest absolute Gasteiger partial charge is 0.137 e. The highest BCUT2D eigenvalue weighted by Crippen LogP contribution is 2.58. The Labute approximate surface area is 379 Å².